The number of aliphatic hydroxyl groups is 1. The number of para-hydroxylation sites is 1. The van der Waals surface area contributed by atoms with Gasteiger partial charge in [-0.25, -0.2) is 14.8 Å². The average Bonchev–Trinajstić information content (AvgIpc) is 3.74. The molecule has 7 rings (SSSR count). The average molecular weight is 566 g/mol. The number of nitrogens with zero attached hydrogens (tertiary/aromatic N) is 7. The van der Waals surface area contributed by atoms with Crippen LogP contribution in [0, 0.1) is 5.92 Å². The number of urea groups is 1. The molecule has 11 nitrogen and oxygen atoms in total. The number of carbonyl (C=O) groups excluding carboxylic acids is 1. The van der Waals surface area contributed by atoms with Gasteiger partial charge in [0.05, 0.1) is 11.0 Å². The quantitative estimate of drug-likeness (QED) is 0.298. The minimum Gasteiger partial charge on any atom is -0.373 e. The zero-order valence-corrected chi connectivity index (χ0v) is 23.4. The number of nitrogens with one attached hydrogen (secondary N) is 2. The van der Waals surface area contributed by atoms with Crippen molar-refractivity contribution in [3.05, 3.63) is 79.5 Å². The summed E-state index contributed by atoms with van der Waals surface area (Å²) in [4.78, 5) is 32.9. The van der Waals surface area contributed by atoms with Gasteiger partial charge >= 0.3 is 6.03 Å². The third kappa shape index (κ3) is 5.00. The lowest BCUT2D eigenvalue weighted by Gasteiger charge is -2.35. The summed E-state index contributed by atoms with van der Waals surface area (Å²) in [5.41, 5.74) is 3.65. The monoisotopic (exact) mass is 565 g/mol. The topological polar surface area (TPSA) is 115 Å². The summed E-state index contributed by atoms with van der Waals surface area (Å²) in [6.45, 7) is 7.47. The number of fused-ring (bicyclic) bond motifs is 2. The molecule has 2 aromatic carbocycles. The molecule has 0 bridgehead atoms. The normalized spacial score (nSPS) is 21.1. The van der Waals surface area contributed by atoms with Crippen LogP contribution in [0.15, 0.2) is 79.5 Å². The molecule has 2 amide bonds. The fourth-order valence-electron chi connectivity index (χ4n) is 6.42. The molecule has 2 aromatic heterocycles. The molecule has 3 N–H and O–H groups in total. The minimum atomic E-state index is -0.904. The van der Waals surface area contributed by atoms with E-state index in [0.717, 1.165) is 54.2 Å². The molecule has 0 radical (unpaired) electrons. The predicted molar refractivity (Wildman–Crippen MR) is 162 cm³/mol. The highest BCUT2D eigenvalue weighted by atomic mass is 16.3. The third-order valence-electron chi connectivity index (χ3n) is 8.64. The van der Waals surface area contributed by atoms with E-state index in [0.29, 0.717) is 30.9 Å². The van der Waals surface area contributed by atoms with Crippen molar-refractivity contribution in [3.8, 4) is 5.82 Å². The van der Waals surface area contributed by atoms with Crippen molar-refractivity contribution in [3.63, 3.8) is 0 Å². The molecule has 0 spiro atoms. The molecular weight excluding hydrogens is 530 g/mol. The molecule has 42 heavy (non-hydrogen) atoms. The molecule has 3 unspecified atom stereocenters. The van der Waals surface area contributed by atoms with Gasteiger partial charge in [-0.2, -0.15) is 4.98 Å². The van der Waals surface area contributed by atoms with Crippen molar-refractivity contribution in [1.82, 2.24) is 29.3 Å². The fraction of sp³-hybridized carbons (Fsp3) is 0.355. The number of rotatable bonds is 6. The Balaban J connectivity index is 1.03. The Labute approximate surface area is 244 Å². The van der Waals surface area contributed by atoms with Crippen LogP contribution in [0.5, 0.6) is 0 Å². The van der Waals surface area contributed by atoms with Crippen molar-refractivity contribution in [2.75, 3.05) is 41.7 Å². The Morgan fingerprint density at radius 3 is 2.74 bits per heavy atom. The fourth-order valence-corrected chi connectivity index (χ4v) is 6.42. The Hall–Kier alpha value is -4.64. The number of carbonyl (C=O) groups is 1. The number of piperidine rings is 1. The molecule has 3 aliphatic heterocycles. The van der Waals surface area contributed by atoms with E-state index in [4.69, 9.17) is 0 Å². The van der Waals surface area contributed by atoms with Crippen LogP contribution in [-0.4, -0.2) is 78.9 Å². The number of amides is 2. The first-order valence-corrected chi connectivity index (χ1v) is 14.6. The van der Waals surface area contributed by atoms with Crippen LogP contribution in [0.1, 0.15) is 25.7 Å². The highest BCUT2D eigenvalue weighted by molar-refractivity contribution is 5.89. The molecule has 3 atom stereocenters. The summed E-state index contributed by atoms with van der Waals surface area (Å²) < 4.78 is 1.92. The second-order valence-corrected chi connectivity index (χ2v) is 11.3. The lowest BCUT2D eigenvalue weighted by atomic mass is 9.96. The van der Waals surface area contributed by atoms with Gasteiger partial charge < -0.3 is 30.4 Å². The molecule has 0 aliphatic carbocycles. The molecule has 3 fully saturated rings. The Morgan fingerprint density at radius 1 is 1.02 bits per heavy atom. The Bertz CT molecular complexity index is 1610. The molecular formula is C31H35N9O2. The molecule has 3 aliphatic rings. The van der Waals surface area contributed by atoms with E-state index < -0.39 is 6.23 Å². The molecule has 0 saturated carbocycles. The number of hydrogen-bond acceptors (Lipinski definition) is 8. The lowest BCUT2D eigenvalue weighted by molar-refractivity contribution is 0.0819. The smallest absolute Gasteiger partial charge is 0.321 e. The maximum absolute atomic E-state index is 12.8. The third-order valence-corrected chi connectivity index (χ3v) is 8.64. The molecule has 4 aromatic rings. The van der Waals surface area contributed by atoms with Crippen LogP contribution in [0.2, 0.25) is 0 Å². The SMILES string of the molecule is C=C1N(c2ccc3c(c2)ncn3-c2ccnc(NC(O)C3CCCN(C(=O)Nc4ccccc4)C3)n2)CC2CCCN12. The van der Waals surface area contributed by atoms with E-state index in [2.05, 4.69) is 60.2 Å². The second kappa shape index (κ2) is 11.0. The van der Waals surface area contributed by atoms with Crippen molar-refractivity contribution >= 4 is 34.4 Å². The van der Waals surface area contributed by atoms with E-state index in [9.17, 15) is 9.90 Å². The van der Waals surface area contributed by atoms with Gasteiger partial charge in [-0.15, -0.1) is 0 Å². The van der Waals surface area contributed by atoms with E-state index in [1.165, 1.54) is 12.8 Å². The van der Waals surface area contributed by atoms with Crippen LogP contribution < -0.4 is 15.5 Å². The largest absolute Gasteiger partial charge is 0.373 e. The number of likely N-dealkylation sites (tertiary alicyclic amines) is 1. The first-order valence-electron chi connectivity index (χ1n) is 14.6. The van der Waals surface area contributed by atoms with Gasteiger partial charge in [0.2, 0.25) is 5.95 Å². The number of imidazole rings is 1. The first kappa shape index (κ1) is 26.3. The van der Waals surface area contributed by atoms with Crippen molar-refractivity contribution in [2.45, 2.75) is 38.0 Å². The predicted octanol–water partition coefficient (Wildman–Crippen LogP) is 4.25. The Kier molecular flexibility index (Phi) is 6.87. The van der Waals surface area contributed by atoms with Crippen LogP contribution in [-0.2, 0) is 0 Å². The zero-order chi connectivity index (χ0) is 28.6. The maximum Gasteiger partial charge on any atom is 0.321 e. The first-order chi connectivity index (χ1) is 20.5. The number of benzene rings is 2. The van der Waals surface area contributed by atoms with Crippen LogP contribution in [0.25, 0.3) is 16.9 Å². The zero-order valence-electron chi connectivity index (χ0n) is 23.4. The molecule has 3 saturated heterocycles. The maximum atomic E-state index is 12.8. The molecule has 5 heterocycles. The van der Waals surface area contributed by atoms with Crippen molar-refractivity contribution < 1.29 is 9.90 Å². The summed E-state index contributed by atoms with van der Waals surface area (Å²) in [6, 6.07) is 17.9. The highest BCUT2D eigenvalue weighted by Gasteiger charge is 2.36. The van der Waals surface area contributed by atoms with E-state index in [1.807, 2.05) is 41.0 Å². The van der Waals surface area contributed by atoms with Crippen LogP contribution in [0.4, 0.5) is 22.1 Å². The van der Waals surface area contributed by atoms with Gasteiger partial charge in [0.15, 0.2) is 0 Å². The summed E-state index contributed by atoms with van der Waals surface area (Å²) >= 11 is 0. The van der Waals surface area contributed by atoms with E-state index >= 15 is 0 Å². The van der Waals surface area contributed by atoms with Crippen LogP contribution >= 0.6 is 0 Å². The second-order valence-electron chi connectivity index (χ2n) is 11.3. The summed E-state index contributed by atoms with van der Waals surface area (Å²) in [5, 5.41) is 17.0. The van der Waals surface area contributed by atoms with Crippen molar-refractivity contribution in [1.29, 1.82) is 0 Å². The molecule has 216 valence electrons. The highest BCUT2D eigenvalue weighted by Crippen LogP contribution is 2.35. The van der Waals surface area contributed by atoms with Gasteiger partial charge in [-0.1, -0.05) is 24.8 Å². The van der Waals surface area contributed by atoms with Crippen LogP contribution in [0.3, 0.4) is 0 Å². The lowest BCUT2D eigenvalue weighted by Crippen LogP contribution is -2.47. The number of aliphatic hydroxyl groups excluding tert-OH is 1. The molecule has 11 heteroatoms. The summed E-state index contributed by atoms with van der Waals surface area (Å²) in [5.74, 6) is 1.88. The van der Waals surface area contributed by atoms with Gasteiger partial charge in [0.25, 0.3) is 0 Å². The van der Waals surface area contributed by atoms with Crippen molar-refractivity contribution in [2.24, 2.45) is 5.92 Å². The minimum absolute atomic E-state index is 0.156. The summed E-state index contributed by atoms with van der Waals surface area (Å²) in [7, 11) is 0. The van der Waals surface area contributed by atoms with Gasteiger partial charge in [-0.3, -0.25) is 4.57 Å². The number of hydrogen-bond donors (Lipinski definition) is 3. The Morgan fingerprint density at radius 2 is 1.88 bits per heavy atom. The summed E-state index contributed by atoms with van der Waals surface area (Å²) in [6.07, 6.45) is 6.57. The van der Waals surface area contributed by atoms with Gasteiger partial charge in [0.1, 0.15) is 24.2 Å². The van der Waals surface area contributed by atoms with E-state index in [1.54, 1.807) is 17.4 Å². The number of anilines is 3. The number of aromatic nitrogens is 4. The van der Waals surface area contributed by atoms with Gasteiger partial charge in [-0.05, 0) is 62.1 Å². The van der Waals surface area contributed by atoms with E-state index in [-0.39, 0.29) is 11.9 Å². The van der Waals surface area contributed by atoms with Gasteiger partial charge in [0, 0.05) is 55.7 Å². The standard InChI is InChI=1S/C31H35N9O2/c1-21-38-16-6-10-25(38)19-39(21)24-11-12-27-26(17-24)33-20-40(27)28-13-14-32-30(35-28)36-29(41)22-7-5-15-37(18-22)31(42)34-23-8-3-2-4-9-23/h2-4,8-9,11-14,17,20,22,25,29,41H,1,5-7,10,15-16,18-19H2,(H,34,42)(H,32,35,36).